The van der Waals surface area contributed by atoms with Crippen LogP contribution in [0.5, 0.6) is 11.5 Å². The molecule has 2 aromatic rings. The van der Waals surface area contributed by atoms with Gasteiger partial charge in [-0.15, -0.1) is 0 Å². The molecule has 0 unspecified atom stereocenters. The summed E-state index contributed by atoms with van der Waals surface area (Å²) in [4.78, 5) is 0. The Bertz CT molecular complexity index is 570. The lowest BCUT2D eigenvalue weighted by Gasteiger charge is -2.15. The van der Waals surface area contributed by atoms with Crippen LogP contribution in [0.1, 0.15) is 17.5 Å². The van der Waals surface area contributed by atoms with Crippen LogP contribution in [-0.2, 0) is 13.0 Å². The molecule has 0 aliphatic carbocycles. The van der Waals surface area contributed by atoms with Crippen LogP contribution in [0.3, 0.4) is 0 Å². The van der Waals surface area contributed by atoms with Crippen molar-refractivity contribution >= 4 is 11.6 Å². The highest BCUT2D eigenvalue weighted by molar-refractivity contribution is 6.30. The zero-order valence-electron chi connectivity index (χ0n) is 12.1. The number of rotatable bonds is 7. The van der Waals surface area contributed by atoms with Crippen LogP contribution in [0, 0.1) is 0 Å². The van der Waals surface area contributed by atoms with Gasteiger partial charge in [-0.3, -0.25) is 0 Å². The molecule has 112 valence electrons. The Morgan fingerprint density at radius 3 is 2.52 bits per heavy atom. The molecule has 4 heteroatoms. The molecular weight excluding hydrogens is 286 g/mol. The first-order chi connectivity index (χ1) is 10.2. The van der Waals surface area contributed by atoms with Gasteiger partial charge in [-0.25, -0.2) is 0 Å². The predicted molar refractivity (Wildman–Crippen MR) is 86.2 cm³/mol. The molecule has 2 N–H and O–H groups in total. The molecule has 0 saturated carbocycles. The Balaban J connectivity index is 2.14. The van der Waals surface area contributed by atoms with Crippen LogP contribution >= 0.6 is 11.6 Å². The molecule has 0 aromatic heterocycles. The summed E-state index contributed by atoms with van der Waals surface area (Å²) in [5, 5.41) is 0.722. The van der Waals surface area contributed by atoms with Crippen LogP contribution < -0.4 is 15.2 Å². The van der Waals surface area contributed by atoms with Gasteiger partial charge in [-0.2, -0.15) is 0 Å². The van der Waals surface area contributed by atoms with E-state index in [0.29, 0.717) is 13.2 Å². The quantitative estimate of drug-likeness (QED) is 0.846. The van der Waals surface area contributed by atoms with Crippen molar-refractivity contribution in [1.82, 2.24) is 0 Å². The van der Waals surface area contributed by atoms with E-state index in [9.17, 15) is 0 Å². The van der Waals surface area contributed by atoms with Gasteiger partial charge >= 0.3 is 0 Å². The van der Waals surface area contributed by atoms with Gasteiger partial charge in [0.15, 0.2) is 11.5 Å². The summed E-state index contributed by atoms with van der Waals surface area (Å²) in [7, 11) is 1.65. The standard InChI is InChI=1S/C17H20ClNO2/c1-20-16-6-2-4-14(5-3-11-19)17(16)21-12-13-7-9-15(18)10-8-13/h2,4,6-10H,3,5,11-12,19H2,1H3. The molecular formula is C17H20ClNO2. The molecule has 0 bridgehead atoms. The van der Waals surface area contributed by atoms with Crippen molar-refractivity contribution in [3.63, 3.8) is 0 Å². The first-order valence-corrected chi connectivity index (χ1v) is 7.35. The summed E-state index contributed by atoms with van der Waals surface area (Å²) in [6.45, 7) is 1.14. The lowest BCUT2D eigenvalue weighted by Crippen LogP contribution is -2.04. The predicted octanol–water partition coefficient (Wildman–Crippen LogP) is 3.82. The van der Waals surface area contributed by atoms with E-state index in [4.69, 9.17) is 26.8 Å². The van der Waals surface area contributed by atoms with Crippen LogP contribution in [0.15, 0.2) is 42.5 Å². The number of ether oxygens (including phenoxy) is 2. The minimum absolute atomic E-state index is 0.479. The SMILES string of the molecule is COc1cccc(CCCN)c1OCc1ccc(Cl)cc1. The number of nitrogens with two attached hydrogens (primary N) is 1. The van der Waals surface area contributed by atoms with Crippen LogP contribution in [0.4, 0.5) is 0 Å². The maximum absolute atomic E-state index is 5.97. The average molecular weight is 306 g/mol. The zero-order chi connectivity index (χ0) is 15.1. The van der Waals surface area contributed by atoms with Crippen molar-refractivity contribution in [2.75, 3.05) is 13.7 Å². The molecule has 0 aliphatic rings. The highest BCUT2D eigenvalue weighted by Gasteiger charge is 2.10. The van der Waals surface area contributed by atoms with E-state index in [0.717, 1.165) is 40.5 Å². The van der Waals surface area contributed by atoms with Crippen molar-refractivity contribution in [3.8, 4) is 11.5 Å². The second kappa shape index (κ2) is 7.91. The molecule has 3 nitrogen and oxygen atoms in total. The minimum atomic E-state index is 0.479. The first kappa shape index (κ1) is 15.7. The largest absolute Gasteiger partial charge is 0.493 e. The van der Waals surface area contributed by atoms with Crippen molar-refractivity contribution in [1.29, 1.82) is 0 Å². The highest BCUT2D eigenvalue weighted by atomic mass is 35.5. The number of hydrogen-bond donors (Lipinski definition) is 1. The Kier molecular flexibility index (Phi) is 5.90. The molecule has 0 atom stereocenters. The fourth-order valence-electron chi connectivity index (χ4n) is 2.11. The molecule has 0 radical (unpaired) electrons. The van der Waals surface area contributed by atoms with Crippen molar-refractivity contribution in [3.05, 3.63) is 58.6 Å². The summed E-state index contributed by atoms with van der Waals surface area (Å²) in [6.07, 6.45) is 1.80. The molecule has 2 aromatic carbocycles. The molecule has 2 rings (SSSR count). The number of benzene rings is 2. The van der Waals surface area contributed by atoms with Crippen molar-refractivity contribution < 1.29 is 9.47 Å². The second-order valence-corrected chi connectivity index (χ2v) is 5.19. The molecule has 0 amide bonds. The number of aryl methyl sites for hydroxylation is 1. The summed E-state index contributed by atoms with van der Waals surface area (Å²) >= 11 is 5.89. The second-order valence-electron chi connectivity index (χ2n) is 4.76. The van der Waals surface area contributed by atoms with Crippen molar-refractivity contribution in [2.45, 2.75) is 19.4 Å². The fraction of sp³-hybridized carbons (Fsp3) is 0.294. The van der Waals surface area contributed by atoms with E-state index in [2.05, 4.69) is 6.07 Å². The molecule has 0 heterocycles. The van der Waals surface area contributed by atoms with E-state index >= 15 is 0 Å². The zero-order valence-corrected chi connectivity index (χ0v) is 12.9. The molecule has 0 spiro atoms. The van der Waals surface area contributed by atoms with Gasteiger partial charge in [0, 0.05) is 5.02 Å². The van der Waals surface area contributed by atoms with Gasteiger partial charge in [-0.05, 0) is 48.7 Å². The Hall–Kier alpha value is -1.71. The summed E-state index contributed by atoms with van der Waals surface area (Å²) < 4.78 is 11.4. The Morgan fingerprint density at radius 2 is 1.86 bits per heavy atom. The number of halogens is 1. The molecule has 0 aliphatic heterocycles. The van der Waals surface area contributed by atoms with Crippen LogP contribution in [0.25, 0.3) is 0 Å². The topological polar surface area (TPSA) is 44.5 Å². The Labute approximate surface area is 130 Å². The van der Waals surface area contributed by atoms with E-state index < -0.39 is 0 Å². The lowest BCUT2D eigenvalue weighted by atomic mass is 10.1. The van der Waals surface area contributed by atoms with E-state index in [1.54, 1.807) is 7.11 Å². The monoisotopic (exact) mass is 305 g/mol. The third-order valence-corrected chi connectivity index (χ3v) is 3.48. The Morgan fingerprint density at radius 1 is 1.10 bits per heavy atom. The minimum Gasteiger partial charge on any atom is -0.493 e. The third kappa shape index (κ3) is 4.38. The third-order valence-electron chi connectivity index (χ3n) is 3.23. The summed E-state index contributed by atoms with van der Waals surface area (Å²) in [5.41, 5.74) is 7.78. The summed E-state index contributed by atoms with van der Waals surface area (Å²) in [5.74, 6) is 1.54. The summed E-state index contributed by atoms with van der Waals surface area (Å²) in [6, 6.07) is 13.6. The van der Waals surface area contributed by atoms with Gasteiger partial charge in [0.05, 0.1) is 7.11 Å². The van der Waals surface area contributed by atoms with E-state index in [1.807, 2.05) is 36.4 Å². The van der Waals surface area contributed by atoms with Crippen LogP contribution in [0.2, 0.25) is 5.02 Å². The lowest BCUT2D eigenvalue weighted by molar-refractivity contribution is 0.281. The highest BCUT2D eigenvalue weighted by Crippen LogP contribution is 2.32. The maximum atomic E-state index is 5.97. The molecule has 0 saturated heterocycles. The normalized spacial score (nSPS) is 10.4. The number of para-hydroxylation sites is 1. The van der Waals surface area contributed by atoms with Gasteiger partial charge in [0.25, 0.3) is 0 Å². The van der Waals surface area contributed by atoms with Gasteiger partial charge in [0.2, 0.25) is 0 Å². The van der Waals surface area contributed by atoms with Gasteiger partial charge < -0.3 is 15.2 Å². The molecule has 0 fully saturated rings. The number of hydrogen-bond acceptors (Lipinski definition) is 3. The van der Waals surface area contributed by atoms with E-state index in [1.165, 1.54) is 0 Å². The first-order valence-electron chi connectivity index (χ1n) is 6.97. The maximum Gasteiger partial charge on any atom is 0.164 e. The fourth-order valence-corrected chi connectivity index (χ4v) is 2.24. The average Bonchev–Trinajstić information content (AvgIpc) is 2.52. The smallest absolute Gasteiger partial charge is 0.164 e. The van der Waals surface area contributed by atoms with Crippen molar-refractivity contribution in [2.24, 2.45) is 5.73 Å². The van der Waals surface area contributed by atoms with Crippen LogP contribution in [-0.4, -0.2) is 13.7 Å². The number of methoxy groups -OCH3 is 1. The van der Waals surface area contributed by atoms with E-state index in [-0.39, 0.29) is 0 Å². The molecule has 21 heavy (non-hydrogen) atoms. The van der Waals surface area contributed by atoms with Gasteiger partial charge in [-0.1, -0.05) is 35.9 Å². The van der Waals surface area contributed by atoms with Gasteiger partial charge in [0.1, 0.15) is 6.61 Å².